The molecule has 0 aliphatic heterocycles. The van der Waals surface area contributed by atoms with Crippen LogP contribution >= 0.6 is 24.4 Å². The summed E-state index contributed by atoms with van der Waals surface area (Å²) in [5, 5.41) is 2.87. The second-order valence-electron chi connectivity index (χ2n) is 5.26. The Kier molecular flexibility index (Phi) is 7.10. The summed E-state index contributed by atoms with van der Waals surface area (Å²) in [6.45, 7) is 0.470. The van der Waals surface area contributed by atoms with E-state index in [0.29, 0.717) is 24.5 Å². The lowest BCUT2D eigenvalue weighted by molar-refractivity contribution is -0.125. The Morgan fingerprint density at radius 2 is 2.12 bits per heavy atom. The minimum absolute atomic E-state index is 0.182. The molecule has 2 atom stereocenters. The molecule has 1 heterocycles. The molecule has 6 N–H and O–H groups in total. The molecule has 0 aliphatic rings. The van der Waals surface area contributed by atoms with Crippen molar-refractivity contribution in [3.8, 4) is 0 Å². The number of fused-ring (bicyclic) bond motifs is 1. The van der Waals surface area contributed by atoms with Gasteiger partial charge in [0.25, 0.3) is 0 Å². The van der Waals surface area contributed by atoms with Crippen LogP contribution in [0, 0.1) is 0 Å². The summed E-state index contributed by atoms with van der Waals surface area (Å²) >= 11 is 5.09. The lowest BCUT2D eigenvalue weighted by Crippen LogP contribution is -2.48. The Hall–Kier alpha value is -1.55. The summed E-state index contributed by atoms with van der Waals surface area (Å²) in [7, 11) is 0. The molecule has 0 bridgehead atoms. The van der Waals surface area contributed by atoms with Crippen molar-refractivity contribution in [1.82, 2.24) is 15.3 Å². The molecule has 0 saturated heterocycles. The lowest BCUT2D eigenvalue weighted by Gasteiger charge is -2.17. The number of nitrogens with zero attached hydrogens (tertiary/aromatic N) is 1. The van der Waals surface area contributed by atoms with Crippen LogP contribution in [0.15, 0.2) is 29.4 Å². The number of aromatic amines is 1. The van der Waals surface area contributed by atoms with E-state index in [-0.39, 0.29) is 16.8 Å². The third-order valence-electron chi connectivity index (χ3n) is 3.40. The van der Waals surface area contributed by atoms with Crippen molar-refractivity contribution in [3.63, 3.8) is 0 Å². The van der Waals surface area contributed by atoms with Crippen molar-refractivity contribution < 1.29 is 9.59 Å². The highest BCUT2D eigenvalue weighted by Crippen LogP contribution is 2.21. The van der Waals surface area contributed by atoms with E-state index in [9.17, 15) is 9.59 Å². The van der Waals surface area contributed by atoms with Crippen LogP contribution in [0.1, 0.15) is 12.8 Å². The third-order valence-corrected chi connectivity index (χ3v) is 4.64. The van der Waals surface area contributed by atoms with Gasteiger partial charge in [-0.2, -0.15) is 12.6 Å². The normalized spacial score (nSPS) is 13.6. The van der Waals surface area contributed by atoms with Gasteiger partial charge in [0.2, 0.25) is 11.0 Å². The fourth-order valence-corrected chi connectivity index (χ4v) is 3.23. The van der Waals surface area contributed by atoms with Gasteiger partial charge in [0.05, 0.1) is 17.1 Å². The standard InChI is InChI=1S/C15H21N5O2S2/c16-7-3-4-9(17)13(21)18-12(8-23)14(22)24-15-19-10-5-1-2-6-11(10)20-15/h1-2,5-6,9,12,23H,3-4,7-8,16-17H2,(H,18,21)(H,19,20)/t9-,12-/m1/s1. The van der Waals surface area contributed by atoms with Crippen LogP contribution in [0.5, 0.6) is 0 Å². The molecule has 7 nitrogen and oxygen atoms in total. The highest BCUT2D eigenvalue weighted by Gasteiger charge is 2.24. The first-order valence-electron chi connectivity index (χ1n) is 7.58. The molecule has 0 radical (unpaired) electrons. The van der Waals surface area contributed by atoms with Gasteiger partial charge < -0.3 is 21.8 Å². The number of nitrogens with two attached hydrogens (primary N) is 2. The summed E-state index contributed by atoms with van der Waals surface area (Å²) < 4.78 is 0. The second-order valence-corrected chi connectivity index (χ2v) is 6.62. The number of aromatic nitrogens is 2. The van der Waals surface area contributed by atoms with Crippen LogP contribution in [0.4, 0.5) is 0 Å². The predicted molar refractivity (Wildman–Crippen MR) is 99.0 cm³/mol. The topological polar surface area (TPSA) is 127 Å². The van der Waals surface area contributed by atoms with E-state index in [0.717, 1.165) is 22.8 Å². The number of H-pyrrole nitrogens is 1. The molecule has 0 aliphatic carbocycles. The quantitative estimate of drug-likeness (QED) is 0.345. The molecule has 1 aromatic heterocycles. The molecule has 1 aromatic carbocycles. The maximum atomic E-state index is 12.4. The van der Waals surface area contributed by atoms with Crippen LogP contribution in [0.3, 0.4) is 0 Å². The van der Waals surface area contributed by atoms with Gasteiger partial charge in [-0.3, -0.25) is 9.59 Å². The van der Waals surface area contributed by atoms with Crippen molar-refractivity contribution in [2.75, 3.05) is 12.3 Å². The Balaban J connectivity index is 1.96. The average Bonchev–Trinajstić information content (AvgIpc) is 2.99. The number of para-hydroxylation sites is 2. The maximum absolute atomic E-state index is 12.4. The minimum atomic E-state index is -0.733. The molecule has 2 aromatic rings. The number of carbonyl (C=O) groups excluding carboxylic acids is 2. The van der Waals surface area contributed by atoms with E-state index < -0.39 is 12.1 Å². The van der Waals surface area contributed by atoms with E-state index in [1.165, 1.54) is 0 Å². The number of thioether (sulfide) groups is 1. The molecular weight excluding hydrogens is 346 g/mol. The van der Waals surface area contributed by atoms with Gasteiger partial charge in [-0.1, -0.05) is 12.1 Å². The summed E-state index contributed by atoms with van der Waals surface area (Å²) in [5.41, 5.74) is 12.8. The summed E-state index contributed by atoms with van der Waals surface area (Å²) in [6, 6.07) is 6.08. The number of hydrogen-bond donors (Lipinski definition) is 5. The van der Waals surface area contributed by atoms with Crippen LogP contribution in [0.25, 0.3) is 11.0 Å². The van der Waals surface area contributed by atoms with E-state index in [1.54, 1.807) is 0 Å². The predicted octanol–water partition coefficient (Wildman–Crippen LogP) is 0.662. The minimum Gasteiger partial charge on any atom is -0.343 e. The van der Waals surface area contributed by atoms with E-state index in [4.69, 9.17) is 11.5 Å². The van der Waals surface area contributed by atoms with Gasteiger partial charge in [0.15, 0.2) is 5.16 Å². The fourth-order valence-electron chi connectivity index (χ4n) is 2.07. The number of nitrogens with one attached hydrogen (secondary N) is 2. The number of hydrogen-bond acceptors (Lipinski definition) is 7. The molecule has 2 rings (SSSR count). The number of imidazole rings is 1. The maximum Gasteiger partial charge on any atom is 0.237 e. The van der Waals surface area contributed by atoms with Crippen LogP contribution in [-0.2, 0) is 9.59 Å². The highest BCUT2D eigenvalue weighted by molar-refractivity contribution is 8.13. The first-order valence-corrected chi connectivity index (χ1v) is 9.03. The third kappa shape index (κ3) is 4.97. The van der Waals surface area contributed by atoms with Crippen LogP contribution in [-0.4, -0.2) is 45.4 Å². The zero-order valence-electron chi connectivity index (χ0n) is 13.1. The van der Waals surface area contributed by atoms with E-state index in [2.05, 4.69) is 27.9 Å². The van der Waals surface area contributed by atoms with E-state index in [1.807, 2.05) is 24.3 Å². The molecule has 1 amide bonds. The molecule has 0 fully saturated rings. The molecule has 9 heteroatoms. The molecule has 130 valence electrons. The second kappa shape index (κ2) is 9.07. The van der Waals surface area contributed by atoms with Crippen molar-refractivity contribution in [1.29, 1.82) is 0 Å². The van der Waals surface area contributed by atoms with E-state index >= 15 is 0 Å². The van der Waals surface area contributed by atoms with Gasteiger partial charge in [-0.25, -0.2) is 4.98 Å². The van der Waals surface area contributed by atoms with Gasteiger partial charge in [-0.05, 0) is 43.3 Å². The number of thiol groups is 1. The van der Waals surface area contributed by atoms with Crippen molar-refractivity contribution >= 4 is 46.4 Å². The smallest absolute Gasteiger partial charge is 0.237 e. The lowest BCUT2D eigenvalue weighted by atomic mass is 10.1. The Bertz CT molecular complexity index is 673. The van der Waals surface area contributed by atoms with Crippen molar-refractivity contribution in [2.24, 2.45) is 11.5 Å². The number of rotatable bonds is 8. The Morgan fingerprint density at radius 3 is 2.79 bits per heavy atom. The molecule has 0 saturated carbocycles. The van der Waals surface area contributed by atoms with Gasteiger partial charge in [0.1, 0.15) is 6.04 Å². The summed E-state index contributed by atoms with van der Waals surface area (Å²) in [5.74, 6) is -0.192. The molecule has 24 heavy (non-hydrogen) atoms. The fraction of sp³-hybridized carbons (Fsp3) is 0.400. The highest BCUT2D eigenvalue weighted by atomic mass is 32.2. The Morgan fingerprint density at radius 1 is 1.38 bits per heavy atom. The largest absolute Gasteiger partial charge is 0.343 e. The summed E-state index contributed by atoms with van der Waals surface area (Å²) in [4.78, 5) is 31.8. The van der Waals surface area contributed by atoms with Gasteiger partial charge >= 0.3 is 0 Å². The summed E-state index contributed by atoms with van der Waals surface area (Å²) in [6.07, 6.45) is 1.13. The van der Waals surface area contributed by atoms with Crippen LogP contribution in [0.2, 0.25) is 0 Å². The molecule has 0 spiro atoms. The number of benzene rings is 1. The van der Waals surface area contributed by atoms with Crippen molar-refractivity contribution in [2.45, 2.75) is 30.1 Å². The van der Waals surface area contributed by atoms with Gasteiger partial charge in [0, 0.05) is 5.75 Å². The van der Waals surface area contributed by atoms with Crippen molar-refractivity contribution in [3.05, 3.63) is 24.3 Å². The van der Waals surface area contributed by atoms with Crippen LogP contribution < -0.4 is 16.8 Å². The number of carbonyl (C=O) groups is 2. The number of amides is 1. The monoisotopic (exact) mass is 367 g/mol. The first-order chi connectivity index (χ1) is 11.5. The average molecular weight is 368 g/mol. The molecule has 0 unspecified atom stereocenters. The molecular formula is C15H21N5O2S2. The zero-order chi connectivity index (χ0) is 17.5. The SMILES string of the molecule is NCCC[C@@H](N)C(=O)N[C@H](CS)C(=O)Sc1nc2ccccc2[nH]1. The first kappa shape index (κ1) is 18.8. The van der Waals surface area contributed by atoms with Gasteiger partial charge in [-0.15, -0.1) is 0 Å². The Labute approximate surface area is 149 Å². The zero-order valence-corrected chi connectivity index (χ0v) is 14.8.